The molecule has 0 unspecified atom stereocenters. The third-order valence-electron chi connectivity index (χ3n) is 12.1. The molecule has 0 aliphatic carbocycles. The predicted octanol–water partition coefficient (Wildman–Crippen LogP) is 5.84. The number of H-pyrrole nitrogens is 1. The highest BCUT2D eigenvalue weighted by Crippen LogP contribution is 2.35. The van der Waals surface area contributed by atoms with Crippen LogP contribution in [0.1, 0.15) is 77.5 Å². The first-order chi connectivity index (χ1) is 28.0. The lowest BCUT2D eigenvalue weighted by Crippen LogP contribution is -2.49. The summed E-state index contributed by atoms with van der Waals surface area (Å²) < 4.78 is 5.70. The minimum Gasteiger partial charge on any atom is -0.381 e. The van der Waals surface area contributed by atoms with Crippen LogP contribution in [0.4, 0.5) is 21.9 Å². The number of hydrogen-bond donors (Lipinski definition) is 3. The molecule has 0 bridgehead atoms. The highest BCUT2D eigenvalue weighted by Gasteiger charge is 2.27. The molecule has 3 saturated heterocycles. The Balaban J connectivity index is 1.03. The van der Waals surface area contributed by atoms with Gasteiger partial charge in [-0.05, 0) is 125 Å². The number of carbonyl (C=O) groups excluding carboxylic acids is 3. The van der Waals surface area contributed by atoms with Gasteiger partial charge in [-0.3, -0.25) is 34.5 Å². The molecule has 0 spiro atoms. The van der Waals surface area contributed by atoms with Gasteiger partial charge in [0.15, 0.2) is 0 Å². The molecule has 3 aliphatic heterocycles. The summed E-state index contributed by atoms with van der Waals surface area (Å²) in [4.78, 5) is 66.7. The number of carbonyl (C=O) groups is 3. The van der Waals surface area contributed by atoms with E-state index < -0.39 is 6.03 Å². The summed E-state index contributed by atoms with van der Waals surface area (Å²) in [6, 6.07) is 19.0. The Morgan fingerprint density at radius 2 is 1.62 bits per heavy atom. The van der Waals surface area contributed by atoms with Crippen LogP contribution in [0.15, 0.2) is 65.6 Å². The maximum atomic E-state index is 14.0. The second-order valence-electron chi connectivity index (χ2n) is 15.9. The topological polar surface area (TPSA) is 143 Å². The Bertz CT molecular complexity index is 2170. The number of aromatic amines is 1. The van der Waals surface area contributed by atoms with E-state index >= 15 is 0 Å². The van der Waals surface area contributed by atoms with Crippen molar-refractivity contribution in [2.24, 2.45) is 0 Å². The Morgan fingerprint density at radius 1 is 0.897 bits per heavy atom. The molecule has 306 valence electrons. The molecule has 7 rings (SSSR count). The van der Waals surface area contributed by atoms with Crippen molar-refractivity contribution in [3.05, 3.63) is 105 Å². The monoisotopic (exact) mass is 788 g/mol. The van der Waals surface area contributed by atoms with Gasteiger partial charge in [0.25, 0.3) is 11.5 Å². The predicted molar refractivity (Wildman–Crippen MR) is 228 cm³/mol. The fourth-order valence-electron chi connectivity index (χ4n) is 8.68. The fourth-order valence-corrected chi connectivity index (χ4v) is 8.68. The zero-order chi connectivity index (χ0) is 40.9. The summed E-state index contributed by atoms with van der Waals surface area (Å²) in [6.45, 7) is 13.3. The molecule has 3 aliphatic rings. The van der Waals surface area contributed by atoms with Crippen LogP contribution in [0.2, 0.25) is 0 Å². The Kier molecular flexibility index (Phi) is 12.6. The molecule has 0 radical (unpaired) electrons. The molecule has 13 heteroatoms. The van der Waals surface area contributed by atoms with Gasteiger partial charge in [-0.25, -0.2) is 4.79 Å². The summed E-state index contributed by atoms with van der Waals surface area (Å²) in [5.41, 5.74) is 9.42. The number of urea groups is 1. The van der Waals surface area contributed by atoms with Crippen LogP contribution in [0.5, 0.6) is 0 Å². The smallest absolute Gasteiger partial charge is 0.328 e. The standard InChI is InChI=1S/C45H56N8O5/c1-6-52(37-16-21-58-22-17-37)41-25-33(24-39(31(41)4)43(55)47-27-40-29(2)23-30(3)48-44(40)56)32-7-10-36(11-8-32)51-18-13-35(14-19-51)50(5)28-34-9-12-38(26-46-34)53-20-15-42(54)49-45(53)57/h7-12,23-26,35,37H,6,13-22,27-28H2,1-5H3,(H,47,55)(H,48,56)(H,49,54,57). The molecule has 0 atom stereocenters. The van der Waals surface area contributed by atoms with Gasteiger partial charge in [-0.15, -0.1) is 0 Å². The van der Waals surface area contributed by atoms with Crippen molar-refractivity contribution in [1.29, 1.82) is 0 Å². The molecule has 5 heterocycles. The number of amides is 4. The second-order valence-corrected chi connectivity index (χ2v) is 15.9. The lowest BCUT2D eigenvalue weighted by atomic mass is 9.95. The van der Waals surface area contributed by atoms with Crippen molar-refractivity contribution in [2.75, 3.05) is 61.1 Å². The lowest BCUT2D eigenvalue weighted by molar-refractivity contribution is -0.120. The SMILES string of the molecule is CCN(c1cc(-c2ccc(N3CCC(N(C)Cc4ccc(N5CCC(=O)NC5=O)cn4)CC3)cc2)cc(C(=O)NCc2c(C)cc(C)[nH]c2=O)c1C)C1CCOCC1. The normalized spacial score (nSPS) is 16.8. The molecule has 3 fully saturated rings. The molecular formula is C45H56N8O5. The third-order valence-corrected chi connectivity index (χ3v) is 12.1. The number of hydrogen-bond acceptors (Lipinski definition) is 9. The first kappa shape index (κ1) is 40.7. The van der Waals surface area contributed by atoms with E-state index in [1.165, 1.54) is 5.69 Å². The van der Waals surface area contributed by atoms with Crippen LogP contribution in [-0.2, 0) is 22.6 Å². The van der Waals surface area contributed by atoms with E-state index in [1.54, 1.807) is 11.1 Å². The van der Waals surface area contributed by atoms with Crippen LogP contribution in [-0.4, -0.2) is 91.2 Å². The molecule has 0 saturated carbocycles. The van der Waals surface area contributed by atoms with E-state index in [9.17, 15) is 19.2 Å². The molecular weight excluding hydrogens is 733 g/mol. The van der Waals surface area contributed by atoms with Gasteiger partial charge >= 0.3 is 6.03 Å². The number of benzene rings is 2. The number of rotatable bonds is 12. The van der Waals surface area contributed by atoms with Crippen molar-refractivity contribution in [3.8, 4) is 11.1 Å². The van der Waals surface area contributed by atoms with Crippen LogP contribution in [0.3, 0.4) is 0 Å². The van der Waals surface area contributed by atoms with E-state index in [0.29, 0.717) is 42.0 Å². The third kappa shape index (κ3) is 9.11. The summed E-state index contributed by atoms with van der Waals surface area (Å²) in [5.74, 6) is -0.454. The quantitative estimate of drug-likeness (QED) is 0.161. The van der Waals surface area contributed by atoms with E-state index in [2.05, 4.69) is 79.6 Å². The molecule has 2 aromatic heterocycles. The van der Waals surface area contributed by atoms with Gasteiger partial charge in [0.2, 0.25) is 5.91 Å². The molecule has 3 N–H and O–H groups in total. The van der Waals surface area contributed by atoms with E-state index in [4.69, 9.17) is 4.74 Å². The average molecular weight is 789 g/mol. The largest absolute Gasteiger partial charge is 0.381 e. The second kappa shape index (κ2) is 17.9. The summed E-state index contributed by atoms with van der Waals surface area (Å²) >= 11 is 0. The van der Waals surface area contributed by atoms with Gasteiger partial charge in [0, 0.05) is 99.2 Å². The van der Waals surface area contributed by atoms with Gasteiger partial charge in [-0.2, -0.15) is 0 Å². The maximum absolute atomic E-state index is 14.0. The molecule has 2 aromatic carbocycles. The zero-order valence-electron chi connectivity index (χ0n) is 34.4. The van der Waals surface area contributed by atoms with Crippen LogP contribution in [0, 0.1) is 20.8 Å². The molecule has 13 nitrogen and oxygen atoms in total. The van der Waals surface area contributed by atoms with E-state index in [0.717, 1.165) is 97.9 Å². The minimum atomic E-state index is -0.406. The maximum Gasteiger partial charge on any atom is 0.328 e. The van der Waals surface area contributed by atoms with Gasteiger partial charge in [0.1, 0.15) is 0 Å². The van der Waals surface area contributed by atoms with Crippen LogP contribution in [0.25, 0.3) is 11.1 Å². The molecule has 4 aromatic rings. The van der Waals surface area contributed by atoms with Crippen molar-refractivity contribution in [2.45, 2.75) is 85.0 Å². The van der Waals surface area contributed by atoms with Gasteiger partial charge in [0.05, 0.1) is 17.6 Å². The van der Waals surface area contributed by atoms with Crippen molar-refractivity contribution >= 4 is 34.9 Å². The van der Waals surface area contributed by atoms with E-state index in [1.807, 2.05) is 45.0 Å². The number of pyridine rings is 2. The number of nitrogens with zero attached hydrogens (tertiary/aromatic N) is 5. The van der Waals surface area contributed by atoms with Crippen LogP contribution >= 0.6 is 0 Å². The molecule has 4 amide bonds. The Morgan fingerprint density at radius 3 is 2.28 bits per heavy atom. The average Bonchev–Trinajstić information content (AvgIpc) is 3.22. The highest BCUT2D eigenvalue weighted by atomic mass is 16.5. The van der Waals surface area contributed by atoms with Gasteiger partial charge < -0.3 is 24.8 Å². The number of ether oxygens (including phenoxy) is 1. The first-order valence-corrected chi connectivity index (χ1v) is 20.6. The highest BCUT2D eigenvalue weighted by molar-refractivity contribution is 6.05. The van der Waals surface area contributed by atoms with Crippen molar-refractivity contribution in [1.82, 2.24) is 25.5 Å². The number of aryl methyl sites for hydroxylation is 2. The zero-order valence-corrected chi connectivity index (χ0v) is 34.4. The van der Waals surface area contributed by atoms with Crippen molar-refractivity contribution in [3.63, 3.8) is 0 Å². The van der Waals surface area contributed by atoms with Gasteiger partial charge in [-0.1, -0.05) is 12.1 Å². The lowest BCUT2D eigenvalue weighted by Gasteiger charge is -2.38. The number of imide groups is 1. The van der Waals surface area contributed by atoms with Crippen molar-refractivity contribution < 1.29 is 19.1 Å². The minimum absolute atomic E-state index is 0.146. The Labute approximate surface area is 340 Å². The summed E-state index contributed by atoms with van der Waals surface area (Å²) in [5, 5.41) is 5.42. The van der Waals surface area contributed by atoms with Crippen LogP contribution < -0.4 is 30.9 Å². The summed E-state index contributed by atoms with van der Waals surface area (Å²) in [7, 11) is 2.14. The fraction of sp³-hybridized carbons (Fsp3) is 0.444. The Hall–Kier alpha value is -5.53. The number of piperidine rings is 1. The number of aromatic nitrogens is 2. The first-order valence-electron chi connectivity index (χ1n) is 20.6. The summed E-state index contributed by atoms with van der Waals surface area (Å²) in [6.07, 6.45) is 5.90. The van der Waals surface area contributed by atoms with E-state index in [-0.39, 0.29) is 30.3 Å². The molecule has 58 heavy (non-hydrogen) atoms. The number of nitrogens with one attached hydrogen (secondary N) is 3. The number of anilines is 3.